The summed E-state index contributed by atoms with van der Waals surface area (Å²) in [5.74, 6) is 5.01. The Hall–Kier alpha value is -4.91. The Bertz CT molecular complexity index is 1410. The zero-order valence-corrected chi connectivity index (χ0v) is 23.6. The second kappa shape index (κ2) is 17.1. The van der Waals surface area contributed by atoms with Crippen LogP contribution in [0.2, 0.25) is 0 Å². The van der Waals surface area contributed by atoms with Gasteiger partial charge in [-0.2, -0.15) is 0 Å². The van der Waals surface area contributed by atoms with Gasteiger partial charge in [-0.15, -0.1) is 0 Å². The number of aryl methyl sites for hydroxylation is 1. The maximum absolute atomic E-state index is 12.3. The predicted molar refractivity (Wildman–Crippen MR) is 159 cm³/mol. The molecule has 0 unspecified atom stereocenters. The third-order valence-electron chi connectivity index (χ3n) is 6.04. The molecule has 0 aromatic heterocycles. The molecule has 8 nitrogen and oxygen atoms in total. The molecule has 0 saturated heterocycles. The van der Waals surface area contributed by atoms with Crippen LogP contribution in [-0.2, 0) is 25.5 Å². The van der Waals surface area contributed by atoms with Crippen LogP contribution in [0.4, 0.5) is 4.39 Å². The molecule has 0 saturated carbocycles. The number of ether oxygens (including phenoxy) is 4. The van der Waals surface area contributed by atoms with Crippen LogP contribution < -0.4 is 9.47 Å². The minimum absolute atomic E-state index is 0.119. The highest BCUT2D eigenvalue weighted by Gasteiger charge is 2.10. The SMILES string of the molecule is C=C(CO)C(=O)OCOc1cc(C#Cc2ccc(-c3ccc(CCCCF)cc3)cc2)cc(OCOC(=O)C(=C)CO)c1. The van der Waals surface area contributed by atoms with Crippen LogP contribution in [-0.4, -0.2) is 55.6 Å². The van der Waals surface area contributed by atoms with E-state index in [-0.39, 0.29) is 29.3 Å². The molecule has 0 aliphatic heterocycles. The number of hydrogen-bond acceptors (Lipinski definition) is 8. The normalized spacial score (nSPS) is 10.2. The summed E-state index contributed by atoms with van der Waals surface area (Å²) >= 11 is 0. The first-order chi connectivity index (χ1) is 20.8. The van der Waals surface area contributed by atoms with Crippen molar-refractivity contribution < 1.29 is 43.1 Å². The first-order valence-electron chi connectivity index (χ1n) is 13.4. The van der Waals surface area contributed by atoms with Gasteiger partial charge in [0.05, 0.1) is 31.0 Å². The van der Waals surface area contributed by atoms with Crippen molar-refractivity contribution >= 4 is 11.9 Å². The Labute approximate surface area is 250 Å². The lowest BCUT2D eigenvalue weighted by atomic mass is 10.0. The highest BCUT2D eigenvalue weighted by Crippen LogP contribution is 2.24. The Morgan fingerprint density at radius 1 is 0.698 bits per heavy atom. The van der Waals surface area contributed by atoms with Crippen LogP contribution in [0, 0.1) is 11.8 Å². The van der Waals surface area contributed by atoms with Gasteiger partial charge < -0.3 is 29.2 Å². The molecule has 2 N–H and O–H groups in total. The number of carbonyl (C=O) groups excluding carboxylic acids is 2. The number of benzene rings is 3. The summed E-state index contributed by atoms with van der Waals surface area (Å²) in [7, 11) is 0. The van der Waals surface area contributed by atoms with Crippen LogP contribution in [0.5, 0.6) is 11.5 Å². The van der Waals surface area contributed by atoms with E-state index in [0.717, 1.165) is 29.5 Å². The monoisotopic (exact) mass is 588 g/mol. The maximum Gasteiger partial charge on any atom is 0.338 e. The number of unbranched alkanes of at least 4 members (excludes halogenated alkanes) is 1. The van der Waals surface area contributed by atoms with Crippen molar-refractivity contribution in [3.05, 3.63) is 108 Å². The molecule has 3 aromatic rings. The lowest BCUT2D eigenvalue weighted by Crippen LogP contribution is -2.14. The molecule has 0 bridgehead atoms. The largest absolute Gasteiger partial charge is 0.457 e. The highest BCUT2D eigenvalue weighted by atomic mass is 19.1. The topological polar surface area (TPSA) is 112 Å². The van der Waals surface area contributed by atoms with Gasteiger partial charge in [-0.05, 0) is 60.2 Å². The molecule has 3 rings (SSSR count). The lowest BCUT2D eigenvalue weighted by Gasteiger charge is -2.11. The fraction of sp³-hybridized carbons (Fsp3) is 0.235. The molecule has 3 aromatic carbocycles. The van der Waals surface area contributed by atoms with Crippen LogP contribution in [0.3, 0.4) is 0 Å². The van der Waals surface area contributed by atoms with E-state index in [1.54, 1.807) is 12.1 Å². The second-order valence-corrected chi connectivity index (χ2v) is 9.27. The summed E-state index contributed by atoms with van der Waals surface area (Å²) in [5.41, 5.74) is 4.29. The highest BCUT2D eigenvalue weighted by molar-refractivity contribution is 5.88. The molecule has 0 aliphatic carbocycles. The molecule has 0 aliphatic rings. The fourth-order valence-corrected chi connectivity index (χ4v) is 3.62. The maximum atomic E-state index is 12.3. The van der Waals surface area contributed by atoms with Gasteiger partial charge in [0.25, 0.3) is 0 Å². The second-order valence-electron chi connectivity index (χ2n) is 9.27. The van der Waals surface area contributed by atoms with E-state index in [9.17, 15) is 14.0 Å². The molecular formula is C34H33FO8. The van der Waals surface area contributed by atoms with Gasteiger partial charge in [0.2, 0.25) is 13.6 Å². The smallest absolute Gasteiger partial charge is 0.338 e. The first-order valence-corrected chi connectivity index (χ1v) is 13.4. The van der Waals surface area contributed by atoms with Gasteiger partial charge >= 0.3 is 11.9 Å². The van der Waals surface area contributed by atoms with E-state index < -0.39 is 38.7 Å². The summed E-state index contributed by atoms with van der Waals surface area (Å²) in [6, 6.07) is 20.7. The number of aliphatic hydroxyl groups excluding tert-OH is 2. The van der Waals surface area contributed by atoms with Crippen molar-refractivity contribution in [2.24, 2.45) is 0 Å². The number of halogens is 1. The Morgan fingerprint density at radius 3 is 1.67 bits per heavy atom. The first kappa shape index (κ1) is 32.6. The summed E-state index contributed by atoms with van der Waals surface area (Å²) in [6.07, 6.45) is 2.26. The summed E-state index contributed by atoms with van der Waals surface area (Å²) in [6.45, 7) is 4.49. The minimum atomic E-state index is -0.807. The number of rotatable bonds is 15. The van der Waals surface area contributed by atoms with E-state index in [2.05, 4.69) is 37.1 Å². The quantitative estimate of drug-likeness (QED) is 0.0848. The standard InChI is InChI=1S/C34H33FO8/c1-24(20-36)33(38)42-22-40-31-17-28(18-32(19-31)41-23-43-34(39)25(2)21-37)7-6-27-10-14-30(15-11-27)29-12-8-26(9-13-29)5-3-4-16-35/h8-15,17-19,36-37H,1-5,16,20-23H2. The fourth-order valence-electron chi connectivity index (χ4n) is 3.62. The molecule has 224 valence electrons. The molecule has 0 amide bonds. The van der Waals surface area contributed by atoms with Crippen molar-refractivity contribution in [1.82, 2.24) is 0 Å². The van der Waals surface area contributed by atoms with Gasteiger partial charge in [0.15, 0.2) is 0 Å². The molecule has 0 radical (unpaired) electrons. The average Bonchev–Trinajstić information content (AvgIpc) is 3.03. The van der Waals surface area contributed by atoms with Gasteiger partial charge in [-0.25, -0.2) is 9.59 Å². The molecule has 0 fully saturated rings. The molecule has 43 heavy (non-hydrogen) atoms. The van der Waals surface area contributed by atoms with E-state index in [1.165, 1.54) is 11.6 Å². The molecule has 0 atom stereocenters. The van der Waals surface area contributed by atoms with Crippen LogP contribution in [0.15, 0.2) is 91.0 Å². The number of carbonyl (C=O) groups is 2. The van der Waals surface area contributed by atoms with Gasteiger partial charge in [-0.1, -0.05) is 61.4 Å². The number of hydrogen-bond donors (Lipinski definition) is 2. The zero-order chi connectivity index (χ0) is 31.0. The third-order valence-corrected chi connectivity index (χ3v) is 6.04. The molecular weight excluding hydrogens is 555 g/mol. The van der Waals surface area contributed by atoms with E-state index in [1.807, 2.05) is 36.4 Å². The Morgan fingerprint density at radius 2 is 1.19 bits per heavy atom. The number of esters is 2. The molecule has 0 heterocycles. The average molecular weight is 589 g/mol. The Balaban J connectivity index is 1.72. The molecule has 0 spiro atoms. The zero-order valence-electron chi connectivity index (χ0n) is 23.6. The van der Waals surface area contributed by atoms with E-state index in [0.29, 0.717) is 12.0 Å². The lowest BCUT2D eigenvalue weighted by molar-refractivity contribution is -0.146. The third kappa shape index (κ3) is 10.8. The van der Waals surface area contributed by atoms with Crippen molar-refractivity contribution in [2.45, 2.75) is 19.3 Å². The summed E-state index contributed by atoms with van der Waals surface area (Å²) in [4.78, 5) is 23.5. The summed E-state index contributed by atoms with van der Waals surface area (Å²) in [5, 5.41) is 18.0. The van der Waals surface area contributed by atoms with Gasteiger partial charge in [0, 0.05) is 17.2 Å². The van der Waals surface area contributed by atoms with E-state index >= 15 is 0 Å². The summed E-state index contributed by atoms with van der Waals surface area (Å²) < 4.78 is 33.2. The number of aliphatic hydroxyl groups is 2. The van der Waals surface area contributed by atoms with Crippen LogP contribution in [0.25, 0.3) is 11.1 Å². The van der Waals surface area contributed by atoms with Gasteiger partial charge in [0.1, 0.15) is 11.5 Å². The van der Waals surface area contributed by atoms with E-state index in [4.69, 9.17) is 29.2 Å². The van der Waals surface area contributed by atoms with Crippen LogP contribution in [0.1, 0.15) is 29.5 Å². The van der Waals surface area contributed by atoms with Crippen molar-refractivity contribution in [3.63, 3.8) is 0 Å². The van der Waals surface area contributed by atoms with Crippen molar-refractivity contribution in [2.75, 3.05) is 33.5 Å². The number of alkyl halides is 1. The van der Waals surface area contributed by atoms with Crippen LogP contribution >= 0.6 is 0 Å². The van der Waals surface area contributed by atoms with Crippen molar-refractivity contribution in [3.8, 4) is 34.5 Å². The predicted octanol–water partition coefficient (Wildman–Crippen LogP) is 4.90. The van der Waals surface area contributed by atoms with Gasteiger partial charge in [-0.3, -0.25) is 4.39 Å². The minimum Gasteiger partial charge on any atom is -0.457 e. The molecule has 9 heteroatoms. The van der Waals surface area contributed by atoms with Crippen molar-refractivity contribution in [1.29, 1.82) is 0 Å². The Kier molecular flexibility index (Phi) is 13.0.